The molecule has 0 bridgehead atoms. The molecule has 0 unspecified atom stereocenters. The van der Waals surface area contributed by atoms with Gasteiger partial charge in [0.2, 0.25) is 6.08 Å². The predicted octanol–water partition coefficient (Wildman–Crippen LogP) is 8.75. The molecule has 41 heavy (non-hydrogen) atoms. The Balaban J connectivity index is 1.64. The van der Waals surface area contributed by atoms with E-state index in [4.69, 9.17) is 10.00 Å². The van der Waals surface area contributed by atoms with Crippen LogP contribution in [0.4, 0.5) is 5.69 Å². The number of aryl methyl sites for hydroxylation is 8. The van der Waals surface area contributed by atoms with Crippen LogP contribution in [0.2, 0.25) is 0 Å². The lowest BCUT2D eigenvalue weighted by Crippen LogP contribution is -2.03. The summed E-state index contributed by atoms with van der Waals surface area (Å²) in [6.07, 6.45) is 6.01. The average Bonchev–Trinajstić information content (AvgIpc) is 2.89. The summed E-state index contributed by atoms with van der Waals surface area (Å²) in [7, 11) is 0. The third kappa shape index (κ3) is 6.65. The lowest BCUT2D eigenvalue weighted by atomic mass is 9.88. The Hall–Kier alpha value is -4.45. The van der Waals surface area contributed by atoms with Gasteiger partial charge in [0.25, 0.3) is 6.26 Å². The smallest absolute Gasteiger partial charge is 0.292 e. The highest BCUT2D eigenvalue weighted by Gasteiger charge is 2.13. The molecule has 0 saturated heterocycles. The van der Waals surface area contributed by atoms with Gasteiger partial charge in [0.05, 0.1) is 5.69 Å². The number of ether oxygens (including phenoxy) is 1. The molecule has 4 rings (SSSR count). The molecular weight excluding hydrogens is 504 g/mol. The lowest BCUT2D eigenvalue weighted by Gasteiger charge is -2.17. The zero-order valence-corrected chi connectivity index (χ0v) is 25.5. The minimum absolute atomic E-state index is 0.652. The summed E-state index contributed by atoms with van der Waals surface area (Å²) >= 11 is 0. The lowest BCUT2D eigenvalue weighted by molar-refractivity contribution is 0.498. The Labute approximate surface area is 244 Å². The van der Waals surface area contributed by atoms with Crippen LogP contribution in [-0.4, -0.2) is 6.08 Å². The van der Waals surface area contributed by atoms with Crippen molar-refractivity contribution < 1.29 is 9.53 Å². The third-order valence-corrected chi connectivity index (χ3v) is 8.14. The topological polar surface area (TPSA) is 62.4 Å². The number of nitriles is 1. The number of rotatable bonds is 8. The normalized spacial score (nSPS) is 10.7. The van der Waals surface area contributed by atoms with Crippen LogP contribution in [-0.2, 0) is 24.1 Å². The summed E-state index contributed by atoms with van der Waals surface area (Å²) in [5.41, 5.74) is 17.6. The molecule has 0 radical (unpaired) electrons. The first-order valence-corrected chi connectivity index (χ1v) is 14.0. The van der Waals surface area contributed by atoms with Crippen LogP contribution in [0.3, 0.4) is 0 Å². The average molecular weight is 543 g/mol. The fourth-order valence-electron chi connectivity index (χ4n) is 6.02. The second kappa shape index (κ2) is 12.4. The van der Waals surface area contributed by atoms with E-state index in [2.05, 4.69) is 81.2 Å². The molecule has 0 aliphatic rings. The fraction of sp³-hybridized carbons (Fsp3) is 0.297. The molecule has 0 aromatic heterocycles. The van der Waals surface area contributed by atoms with Crippen molar-refractivity contribution >= 4 is 11.8 Å². The number of hydrogen-bond acceptors (Lipinski definition) is 4. The van der Waals surface area contributed by atoms with Crippen LogP contribution in [0.25, 0.3) is 0 Å². The van der Waals surface area contributed by atoms with Crippen molar-refractivity contribution in [3.8, 4) is 12.0 Å². The maximum absolute atomic E-state index is 10.8. The molecule has 4 aromatic rings. The van der Waals surface area contributed by atoms with Crippen molar-refractivity contribution in [1.82, 2.24) is 0 Å². The SMILES string of the molecule is Cc1cc(C)c(Cc2cc(Cc3cc(C)c(OC#N)c(C)c3)c(C)cc2C)cc1Cc1cc(C)c(N=C=O)c(C)c1. The number of carbonyl (C=O) groups excluding carboxylic acids is 1. The molecule has 0 spiro atoms. The van der Waals surface area contributed by atoms with Gasteiger partial charge in [-0.2, -0.15) is 4.99 Å². The number of hydrogen-bond donors (Lipinski definition) is 0. The number of aliphatic imine (C=N–C) groups is 1. The van der Waals surface area contributed by atoms with Crippen LogP contribution in [0.15, 0.2) is 53.5 Å². The molecule has 208 valence electrons. The number of isocyanates is 1. The second-order valence-electron chi connectivity index (χ2n) is 11.5. The Kier molecular flexibility index (Phi) is 8.92. The van der Waals surface area contributed by atoms with Gasteiger partial charge in [0, 0.05) is 0 Å². The molecule has 4 aromatic carbocycles. The van der Waals surface area contributed by atoms with Gasteiger partial charge in [0.1, 0.15) is 5.75 Å². The summed E-state index contributed by atoms with van der Waals surface area (Å²) in [4.78, 5) is 14.7. The van der Waals surface area contributed by atoms with E-state index in [1.807, 2.05) is 27.7 Å². The van der Waals surface area contributed by atoms with Crippen molar-refractivity contribution in [2.75, 3.05) is 0 Å². The Morgan fingerprint density at radius 1 is 0.561 bits per heavy atom. The minimum Gasteiger partial charge on any atom is -0.387 e. The third-order valence-electron chi connectivity index (χ3n) is 8.14. The van der Waals surface area contributed by atoms with E-state index in [-0.39, 0.29) is 0 Å². The predicted molar refractivity (Wildman–Crippen MR) is 166 cm³/mol. The van der Waals surface area contributed by atoms with Crippen molar-refractivity contribution in [1.29, 1.82) is 5.26 Å². The summed E-state index contributed by atoms with van der Waals surface area (Å²) in [6.45, 7) is 16.7. The first-order chi connectivity index (χ1) is 19.5. The van der Waals surface area contributed by atoms with Crippen molar-refractivity contribution in [3.05, 3.63) is 126 Å². The van der Waals surface area contributed by atoms with Crippen LogP contribution >= 0.6 is 0 Å². The van der Waals surface area contributed by atoms with Crippen LogP contribution in [0, 0.1) is 66.9 Å². The van der Waals surface area contributed by atoms with Gasteiger partial charge in [-0.3, -0.25) is 0 Å². The standard InChI is InChI=1S/C37H38N2O2/c1-22-9-24(3)34(17-32(22)15-30-11-26(5)36(39-21-40)27(6)12-30)19-35-18-33(23(2)10-25(35)4)16-31-13-28(7)37(41-20-38)29(8)14-31/h9-14,17-18H,15-16,19H2,1-8H3. The van der Waals surface area contributed by atoms with Gasteiger partial charge in [-0.1, -0.05) is 48.5 Å². The highest BCUT2D eigenvalue weighted by molar-refractivity contribution is 5.59. The highest BCUT2D eigenvalue weighted by Crippen LogP contribution is 2.30. The Morgan fingerprint density at radius 3 is 1.34 bits per heavy atom. The molecule has 0 aliphatic heterocycles. The first-order valence-electron chi connectivity index (χ1n) is 14.0. The fourth-order valence-corrected chi connectivity index (χ4v) is 6.02. The van der Waals surface area contributed by atoms with Crippen molar-refractivity contribution in [3.63, 3.8) is 0 Å². The maximum atomic E-state index is 10.8. The zero-order chi connectivity index (χ0) is 29.8. The summed E-state index contributed by atoms with van der Waals surface area (Å²) in [5, 5.41) is 8.98. The van der Waals surface area contributed by atoms with E-state index in [0.717, 1.165) is 41.5 Å². The number of benzene rings is 4. The summed E-state index contributed by atoms with van der Waals surface area (Å²) in [6, 6.07) is 17.8. The van der Waals surface area contributed by atoms with E-state index >= 15 is 0 Å². The quantitative estimate of drug-likeness (QED) is 0.127. The maximum Gasteiger partial charge on any atom is 0.292 e. The van der Waals surface area contributed by atoms with Gasteiger partial charge in [-0.15, -0.1) is 5.26 Å². The van der Waals surface area contributed by atoms with Crippen molar-refractivity contribution in [2.24, 2.45) is 4.99 Å². The van der Waals surface area contributed by atoms with E-state index in [9.17, 15) is 4.79 Å². The van der Waals surface area contributed by atoms with Crippen LogP contribution in [0.1, 0.15) is 77.9 Å². The number of nitrogens with zero attached hydrogens (tertiary/aromatic N) is 2. The highest BCUT2D eigenvalue weighted by atomic mass is 16.5. The van der Waals surface area contributed by atoms with E-state index in [1.54, 1.807) is 12.3 Å². The molecule has 4 nitrogen and oxygen atoms in total. The molecule has 0 aliphatic carbocycles. The Morgan fingerprint density at radius 2 is 0.951 bits per heavy atom. The minimum atomic E-state index is 0.652. The molecular formula is C37H38N2O2. The van der Waals surface area contributed by atoms with E-state index in [1.165, 1.54) is 55.6 Å². The van der Waals surface area contributed by atoms with Gasteiger partial charge in [0.15, 0.2) is 0 Å². The van der Waals surface area contributed by atoms with Crippen molar-refractivity contribution in [2.45, 2.75) is 74.7 Å². The summed E-state index contributed by atoms with van der Waals surface area (Å²) in [5.74, 6) is 0.652. The van der Waals surface area contributed by atoms with Gasteiger partial charge >= 0.3 is 0 Å². The second-order valence-corrected chi connectivity index (χ2v) is 11.5. The van der Waals surface area contributed by atoms with Gasteiger partial charge in [-0.25, -0.2) is 4.79 Å². The molecule has 4 heteroatoms. The molecule has 0 amide bonds. The molecule has 0 fully saturated rings. The largest absolute Gasteiger partial charge is 0.387 e. The Bertz CT molecular complexity index is 1690. The van der Waals surface area contributed by atoms with Gasteiger partial charge < -0.3 is 4.74 Å². The first kappa shape index (κ1) is 29.5. The summed E-state index contributed by atoms with van der Waals surface area (Å²) < 4.78 is 5.18. The molecule has 0 heterocycles. The van der Waals surface area contributed by atoms with E-state index < -0.39 is 0 Å². The van der Waals surface area contributed by atoms with Crippen LogP contribution < -0.4 is 4.74 Å². The molecule has 0 saturated carbocycles. The molecule has 0 atom stereocenters. The zero-order valence-electron chi connectivity index (χ0n) is 25.5. The van der Waals surface area contributed by atoms with Crippen LogP contribution in [0.5, 0.6) is 5.75 Å². The monoisotopic (exact) mass is 542 g/mol. The molecule has 0 N–H and O–H groups in total. The van der Waals surface area contributed by atoms with Gasteiger partial charge in [-0.05, 0) is 153 Å². The van der Waals surface area contributed by atoms with E-state index in [0.29, 0.717) is 11.4 Å².